The van der Waals surface area contributed by atoms with Crippen LogP contribution in [0, 0.1) is 20.8 Å². The fourth-order valence-corrected chi connectivity index (χ4v) is 5.92. The largest absolute Gasteiger partial charge is 0.385 e. The zero-order valence-corrected chi connectivity index (χ0v) is 12.7. The Balaban J connectivity index is 2.02. The first-order valence-corrected chi connectivity index (χ1v) is 8.38. The van der Waals surface area contributed by atoms with Gasteiger partial charge in [0.1, 0.15) is 0 Å². The molecule has 0 spiro atoms. The molecule has 1 aromatic carbocycles. The average Bonchev–Trinajstić information content (AvgIpc) is 2.59. The van der Waals surface area contributed by atoms with Crippen molar-refractivity contribution in [1.29, 1.82) is 0 Å². The van der Waals surface area contributed by atoms with Crippen molar-refractivity contribution in [1.82, 2.24) is 0 Å². The van der Waals surface area contributed by atoms with Crippen molar-refractivity contribution >= 4 is 10.8 Å². The Hall–Kier alpha value is -0.670. The molecule has 0 aliphatic carbocycles. The SMILES string of the molecule is Cc1cc(C)c(C2(O)CC3CCC(C2)S3=O)cc1C. The van der Waals surface area contributed by atoms with E-state index in [2.05, 4.69) is 32.9 Å². The smallest absolute Gasteiger partial charge is 0.0922 e. The van der Waals surface area contributed by atoms with Gasteiger partial charge in [-0.05, 0) is 68.7 Å². The van der Waals surface area contributed by atoms with Gasteiger partial charge in [-0.25, -0.2) is 0 Å². The normalized spacial score (nSPS) is 37.6. The third-order valence-corrected chi connectivity index (χ3v) is 7.06. The first-order valence-electron chi connectivity index (χ1n) is 7.11. The molecule has 3 rings (SSSR count). The predicted molar refractivity (Wildman–Crippen MR) is 78.7 cm³/mol. The Morgan fingerprint density at radius 2 is 1.58 bits per heavy atom. The molecule has 2 bridgehead atoms. The summed E-state index contributed by atoms with van der Waals surface area (Å²) in [5.41, 5.74) is 3.96. The minimum atomic E-state index is -0.762. The van der Waals surface area contributed by atoms with Crippen LogP contribution in [0.25, 0.3) is 0 Å². The van der Waals surface area contributed by atoms with Crippen LogP contribution in [0.3, 0.4) is 0 Å². The van der Waals surface area contributed by atoms with Crippen molar-refractivity contribution in [2.24, 2.45) is 0 Å². The van der Waals surface area contributed by atoms with Crippen molar-refractivity contribution in [3.63, 3.8) is 0 Å². The van der Waals surface area contributed by atoms with E-state index in [0.29, 0.717) is 12.8 Å². The summed E-state index contributed by atoms with van der Waals surface area (Å²) in [6, 6.07) is 4.30. The molecule has 2 atom stereocenters. The fourth-order valence-electron chi connectivity index (χ4n) is 3.76. The van der Waals surface area contributed by atoms with E-state index in [4.69, 9.17) is 0 Å². The van der Waals surface area contributed by atoms with Crippen LogP contribution in [0.5, 0.6) is 0 Å². The second kappa shape index (κ2) is 4.42. The second-order valence-electron chi connectivity index (χ2n) is 6.34. The van der Waals surface area contributed by atoms with Gasteiger partial charge in [0.15, 0.2) is 0 Å². The molecule has 0 amide bonds. The lowest BCUT2D eigenvalue weighted by Gasteiger charge is -2.37. The van der Waals surface area contributed by atoms with E-state index in [-0.39, 0.29) is 10.5 Å². The Bertz CT molecular complexity index is 534. The Morgan fingerprint density at radius 3 is 2.16 bits per heavy atom. The molecule has 1 aromatic rings. The second-order valence-corrected chi connectivity index (χ2v) is 8.33. The van der Waals surface area contributed by atoms with Crippen molar-refractivity contribution in [2.45, 2.75) is 62.6 Å². The van der Waals surface area contributed by atoms with E-state index in [9.17, 15) is 9.32 Å². The zero-order chi connectivity index (χ0) is 13.8. The standard InChI is InChI=1S/C16H22O2S/c1-10-6-12(3)15(7-11(10)2)16(17)8-13-4-5-14(9-16)19(13)18/h6-7,13-14,17H,4-5,8-9H2,1-3H3. The molecule has 2 fully saturated rings. The monoisotopic (exact) mass is 278 g/mol. The molecule has 0 aromatic heterocycles. The molecule has 104 valence electrons. The molecule has 19 heavy (non-hydrogen) atoms. The van der Waals surface area contributed by atoms with Crippen LogP contribution in [0.1, 0.15) is 47.9 Å². The van der Waals surface area contributed by atoms with E-state index in [1.54, 1.807) is 0 Å². The highest BCUT2D eigenvalue weighted by Gasteiger charge is 2.48. The summed E-state index contributed by atoms with van der Waals surface area (Å²) < 4.78 is 12.1. The quantitative estimate of drug-likeness (QED) is 0.857. The number of rotatable bonds is 1. The molecule has 1 N–H and O–H groups in total. The highest BCUT2D eigenvalue weighted by Crippen LogP contribution is 2.46. The van der Waals surface area contributed by atoms with Gasteiger partial charge < -0.3 is 5.11 Å². The molecule has 2 unspecified atom stereocenters. The molecule has 2 saturated heterocycles. The van der Waals surface area contributed by atoms with Crippen LogP contribution < -0.4 is 0 Å². The summed E-state index contributed by atoms with van der Waals surface area (Å²) >= 11 is 0. The number of fused-ring (bicyclic) bond motifs is 2. The number of hydrogen-bond acceptors (Lipinski definition) is 2. The maximum Gasteiger partial charge on any atom is 0.0922 e. The number of aryl methyl sites for hydroxylation is 3. The van der Waals surface area contributed by atoms with Crippen molar-refractivity contribution in [3.05, 3.63) is 34.4 Å². The number of benzene rings is 1. The third-order valence-electron chi connectivity index (χ3n) is 4.94. The van der Waals surface area contributed by atoms with Crippen LogP contribution in [-0.2, 0) is 16.4 Å². The fraction of sp³-hybridized carbons (Fsp3) is 0.625. The van der Waals surface area contributed by atoms with Crippen molar-refractivity contribution in [2.75, 3.05) is 0 Å². The summed E-state index contributed by atoms with van der Waals surface area (Å²) in [5, 5.41) is 11.5. The van der Waals surface area contributed by atoms with Gasteiger partial charge >= 0.3 is 0 Å². The maximum atomic E-state index is 12.1. The van der Waals surface area contributed by atoms with Crippen LogP contribution >= 0.6 is 0 Å². The summed E-state index contributed by atoms with van der Waals surface area (Å²) in [6.45, 7) is 6.28. The Kier molecular flexibility index (Phi) is 3.10. The van der Waals surface area contributed by atoms with Gasteiger partial charge in [0.05, 0.1) is 5.60 Å². The lowest BCUT2D eigenvalue weighted by atomic mass is 9.82. The van der Waals surface area contributed by atoms with E-state index in [1.165, 1.54) is 11.1 Å². The van der Waals surface area contributed by atoms with Crippen LogP contribution in [0.15, 0.2) is 12.1 Å². The molecule has 0 saturated carbocycles. The summed E-state index contributed by atoms with van der Waals surface area (Å²) in [4.78, 5) is 0. The van der Waals surface area contributed by atoms with E-state index in [0.717, 1.165) is 24.0 Å². The van der Waals surface area contributed by atoms with Crippen LogP contribution in [-0.4, -0.2) is 19.8 Å². The Morgan fingerprint density at radius 1 is 1.05 bits per heavy atom. The zero-order valence-electron chi connectivity index (χ0n) is 11.9. The minimum absolute atomic E-state index is 0.199. The lowest BCUT2D eigenvalue weighted by molar-refractivity contribution is 0.0178. The molecule has 2 aliphatic heterocycles. The summed E-state index contributed by atoms with van der Waals surface area (Å²) in [7, 11) is -0.715. The molecule has 2 aliphatic rings. The molecular weight excluding hydrogens is 256 g/mol. The van der Waals surface area contributed by atoms with Gasteiger partial charge in [0.2, 0.25) is 0 Å². The average molecular weight is 278 g/mol. The molecule has 2 nitrogen and oxygen atoms in total. The van der Waals surface area contributed by atoms with Gasteiger partial charge in [0.25, 0.3) is 0 Å². The van der Waals surface area contributed by atoms with Crippen molar-refractivity contribution < 1.29 is 9.32 Å². The van der Waals surface area contributed by atoms with Crippen LogP contribution in [0.4, 0.5) is 0 Å². The van der Waals surface area contributed by atoms with E-state index in [1.807, 2.05) is 0 Å². The molecule has 3 heteroatoms. The van der Waals surface area contributed by atoms with Gasteiger partial charge in [-0.2, -0.15) is 0 Å². The van der Waals surface area contributed by atoms with Crippen molar-refractivity contribution in [3.8, 4) is 0 Å². The number of aliphatic hydroxyl groups is 1. The first-order chi connectivity index (χ1) is 8.90. The topological polar surface area (TPSA) is 37.3 Å². The predicted octanol–water partition coefficient (Wildman–Crippen LogP) is 2.87. The molecular formula is C16H22O2S. The third kappa shape index (κ3) is 2.07. The summed E-state index contributed by atoms with van der Waals surface area (Å²) in [5.74, 6) is 0. The molecule has 0 radical (unpaired) electrons. The lowest BCUT2D eigenvalue weighted by Crippen LogP contribution is -2.40. The highest BCUT2D eigenvalue weighted by molar-refractivity contribution is 7.86. The first kappa shape index (κ1) is 13.3. The summed E-state index contributed by atoms with van der Waals surface area (Å²) in [6.07, 6.45) is 3.37. The number of hydrogen-bond donors (Lipinski definition) is 1. The minimum Gasteiger partial charge on any atom is -0.385 e. The van der Waals surface area contributed by atoms with Gasteiger partial charge in [-0.1, -0.05) is 12.1 Å². The van der Waals surface area contributed by atoms with Gasteiger partial charge in [-0.15, -0.1) is 0 Å². The van der Waals surface area contributed by atoms with Gasteiger partial charge in [-0.3, -0.25) is 4.21 Å². The molecule has 2 heterocycles. The van der Waals surface area contributed by atoms with E-state index < -0.39 is 16.4 Å². The Labute approximate surface area is 117 Å². The highest BCUT2D eigenvalue weighted by atomic mass is 32.2. The van der Waals surface area contributed by atoms with E-state index >= 15 is 0 Å². The maximum absolute atomic E-state index is 12.1. The van der Waals surface area contributed by atoms with Gasteiger partial charge in [0, 0.05) is 21.3 Å². The van der Waals surface area contributed by atoms with Crippen LogP contribution in [0.2, 0.25) is 0 Å².